The summed E-state index contributed by atoms with van der Waals surface area (Å²) in [6.45, 7) is 6.72. The minimum atomic E-state index is 0.673. The van der Waals surface area contributed by atoms with Crippen molar-refractivity contribution >= 4 is 5.69 Å². The van der Waals surface area contributed by atoms with Crippen LogP contribution in [0.15, 0.2) is 24.3 Å². The maximum absolute atomic E-state index is 5.67. The first-order chi connectivity index (χ1) is 8.76. The normalized spacial score (nSPS) is 10.8. The lowest BCUT2D eigenvalue weighted by molar-refractivity contribution is 0.0864. The van der Waals surface area contributed by atoms with Crippen molar-refractivity contribution in [2.24, 2.45) is 5.92 Å². The molecule has 2 N–H and O–H groups in total. The molecule has 3 heteroatoms. The van der Waals surface area contributed by atoms with Crippen LogP contribution >= 0.6 is 0 Å². The van der Waals surface area contributed by atoms with E-state index in [9.17, 15) is 0 Å². The van der Waals surface area contributed by atoms with Crippen LogP contribution in [0.25, 0.3) is 0 Å². The largest absolute Gasteiger partial charge is 0.493 e. The number of ether oxygens (including phenoxy) is 2. The molecule has 0 amide bonds. The smallest absolute Gasteiger partial charge is 0.121 e. The topological polar surface area (TPSA) is 44.5 Å². The molecule has 3 nitrogen and oxygen atoms in total. The van der Waals surface area contributed by atoms with Gasteiger partial charge in [0.05, 0.1) is 6.61 Å². The van der Waals surface area contributed by atoms with E-state index < -0.39 is 0 Å². The fourth-order valence-electron chi connectivity index (χ4n) is 1.73. The molecule has 0 aliphatic rings. The van der Waals surface area contributed by atoms with E-state index in [4.69, 9.17) is 15.2 Å². The Morgan fingerprint density at radius 3 is 2.61 bits per heavy atom. The van der Waals surface area contributed by atoms with Crippen LogP contribution < -0.4 is 10.5 Å². The van der Waals surface area contributed by atoms with Crippen molar-refractivity contribution in [3.63, 3.8) is 0 Å². The van der Waals surface area contributed by atoms with Crippen LogP contribution in [0, 0.1) is 5.92 Å². The van der Waals surface area contributed by atoms with Gasteiger partial charge in [0.25, 0.3) is 0 Å². The fraction of sp³-hybridized carbons (Fsp3) is 0.600. The molecule has 0 aliphatic carbocycles. The molecule has 102 valence electrons. The first-order valence-corrected chi connectivity index (χ1v) is 6.82. The molecule has 1 aromatic carbocycles. The third kappa shape index (κ3) is 5.92. The summed E-state index contributed by atoms with van der Waals surface area (Å²) in [5.74, 6) is 1.52. The molecule has 18 heavy (non-hydrogen) atoms. The second-order valence-electron chi connectivity index (χ2n) is 4.53. The Bertz CT molecular complexity index is 324. The molecule has 0 aromatic heterocycles. The van der Waals surface area contributed by atoms with Gasteiger partial charge in [0, 0.05) is 31.4 Å². The second-order valence-corrected chi connectivity index (χ2v) is 4.53. The lowest BCUT2D eigenvalue weighted by atomic mass is 10.1. The lowest BCUT2D eigenvalue weighted by Crippen LogP contribution is -2.10. The quantitative estimate of drug-likeness (QED) is 0.539. The van der Waals surface area contributed by atoms with Crippen molar-refractivity contribution in [3.05, 3.63) is 24.3 Å². The molecule has 0 aliphatic heterocycles. The summed E-state index contributed by atoms with van der Waals surface area (Å²) >= 11 is 0. The molecule has 0 fully saturated rings. The van der Waals surface area contributed by atoms with Gasteiger partial charge in [-0.2, -0.15) is 0 Å². The third-order valence-electron chi connectivity index (χ3n) is 3.07. The van der Waals surface area contributed by atoms with E-state index in [-0.39, 0.29) is 0 Å². The highest BCUT2D eigenvalue weighted by Crippen LogP contribution is 2.14. The molecule has 0 spiro atoms. The van der Waals surface area contributed by atoms with Gasteiger partial charge in [0.15, 0.2) is 0 Å². The predicted octanol–water partition coefficient (Wildman–Crippen LogP) is 3.49. The zero-order chi connectivity index (χ0) is 13.2. The zero-order valence-electron chi connectivity index (χ0n) is 11.5. The number of rotatable bonds is 9. The number of benzene rings is 1. The third-order valence-corrected chi connectivity index (χ3v) is 3.07. The molecule has 0 saturated heterocycles. The first kappa shape index (κ1) is 14.8. The Labute approximate surface area is 110 Å². The van der Waals surface area contributed by atoms with Gasteiger partial charge in [0.1, 0.15) is 5.75 Å². The molecule has 0 heterocycles. The highest BCUT2D eigenvalue weighted by Gasteiger charge is 2.02. The predicted molar refractivity (Wildman–Crippen MR) is 75.9 cm³/mol. The second kappa shape index (κ2) is 8.81. The Kier molecular flexibility index (Phi) is 7.26. The van der Waals surface area contributed by atoms with Crippen molar-refractivity contribution in [1.82, 2.24) is 0 Å². The molecule has 0 radical (unpaired) electrons. The number of hydrogen-bond donors (Lipinski definition) is 1. The summed E-state index contributed by atoms with van der Waals surface area (Å²) in [6, 6.07) is 7.51. The lowest BCUT2D eigenvalue weighted by Gasteiger charge is -2.12. The number of hydrogen-bond acceptors (Lipinski definition) is 3. The van der Waals surface area contributed by atoms with E-state index in [1.165, 1.54) is 12.8 Å². The zero-order valence-corrected chi connectivity index (χ0v) is 11.5. The minimum absolute atomic E-state index is 0.673. The van der Waals surface area contributed by atoms with Gasteiger partial charge in [-0.15, -0.1) is 0 Å². The van der Waals surface area contributed by atoms with Gasteiger partial charge in [-0.1, -0.05) is 32.8 Å². The summed E-state index contributed by atoms with van der Waals surface area (Å²) in [5.41, 5.74) is 6.40. The molecule has 0 unspecified atom stereocenters. The number of nitrogen functional groups attached to an aromatic ring is 1. The van der Waals surface area contributed by atoms with Crippen LogP contribution in [0.2, 0.25) is 0 Å². The van der Waals surface area contributed by atoms with E-state index >= 15 is 0 Å². The van der Waals surface area contributed by atoms with Gasteiger partial charge >= 0.3 is 0 Å². The number of anilines is 1. The van der Waals surface area contributed by atoms with Gasteiger partial charge in [-0.25, -0.2) is 0 Å². The summed E-state index contributed by atoms with van der Waals surface area (Å²) in [7, 11) is 0. The van der Waals surface area contributed by atoms with Crippen LogP contribution in [0.4, 0.5) is 5.69 Å². The molecule has 1 aromatic rings. The molecule has 0 atom stereocenters. The SMILES string of the molecule is CCC(CC)COCCCOc1cccc(N)c1. The van der Waals surface area contributed by atoms with Crippen molar-refractivity contribution in [2.75, 3.05) is 25.6 Å². The van der Waals surface area contributed by atoms with E-state index in [1.807, 2.05) is 24.3 Å². The van der Waals surface area contributed by atoms with Crippen LogP contribution in [-0.4, -0.2) is 19.8 Å². The van der Waals surface area contributed by atoms with E-state index in [2.05, 4.69) is 13.8 Å². The van der Waals surface area contributed by atoms with Gasteiger partial charge in [0.2, 0.25) is 0 Å². The van der Waals surface area contributed by atoms with Crippen molar-refractivity contribution in [3.8, 4) is 5.75 Å². The summed E-state index contributed by atoms with van der Waals surface area (Å²) in [5, 5.41) is 0. The first-order valence-electron chi connectivity index (χ1n) is 6.82. The van der Waals surface area contributed by atoms with Crippen LogP contribution in [-0.2, 0) is 4.74 Å². The molecule has 0 saturated carbocycles. The summed E-state index contributed by atoms with van der Waals surface area (Å²) < 4.78 is 11.2. The van der Waals surface area contributed by atoms with Crippen molar-refractivity contribution in [2.45, 2.75) is 33.1 Å². The maximum Gasteiger partial charge on any atom is 0.121 e. The Hall–Kier alpha value is -1.22. The number of nitrogens with two attached hydrogens (primary N) is 1. The van der Waals surface area contributed by atoms with Gasteiger partial charge in [-0.3, -0.25) is 0 Å². The Morgan fingerprint density at radius 2 is 1.94 bits per heavy atom. The van der Waals surface area contributed by atoms with E-state index in [0.717, 1.165) is 31.1 Å². The molecular formula is C15H25NO2. The van der Waals surface area contributed by atoms with Crippen LogP contribution in [0.1, 0.15) is 33.1 Å². The molecular weight excluding hydrogens is 226 g/mol. The monoisotopic (exact) mass is 251 g/mol. The van der Waals surface area contributed by atoms with Gasteiger partial charge < -0.3 is 15.2 Å². The maximum atomic E-state index is 5.67. The Morgan fingerprint density at radius 1 is 1.17 bits per heavy atom. The minimum Gasteiger partial charge on any atom is -0.493 e. The standard InChI is InChI=1S/C15H25NO2/c1-3-13(4-2)12-17-9-6-10-18-15-8-5-7-14(16)11-15/h5,7-8,11,13H,3-4,6,9-10,12,16H2,1-2H3. The average molecular weight is 251 g/mol. The highest BCUT2D eigenvalue weighted by atomic mass is 16.5. The Balaban J connectivity index is 2.05. The fourth-order valence-corrected chi connectivity index (χ4v) is 1.73. The van der Waals surface area contributed by atoms with Crippen molar-refractivity contribution in [1.29, 1.82) is 0 Å². The van der Waals surface area contributed by atoms with Gasteiger partial charge in [-0.05, 0) is 18.1 Å². The highest BCUT2D eigenvalue weighted by molar-refractivity contribution is 5.43. The van der Waals surface area contributed by atoms with Crippen molar-refractivity contribution < 1.29 is 9.47 Å². The summed E-state index contributed by atoms with van der Waals surface area (Å²) in [4.78, 5) is 0. The molecule has 1 rings (SSSR count). The van der Waals surface area contributed by atoms with E-state index in [0.29, 0.717) is 12.5 Å². The molecule has 0 bridgehead atoms. The van der Waals surface area contributed by atoms with Crippen LogP contribution in [0.3, 0.4) is 0 Å². The average Bonchev–Trinajstić information content (AvgIpc) is 2.38. The van der Waals surface area contributed by atoms with E-state index in [1.54, 1.807) is 0 Å². The summed E-state index contributed by atoms with van der Waals surface area (Å²) in [6.07, 6.45) is 3.29. The van der Waals surface area contributed by atoms with Crippen LogP contribution in [0.5, 0.6) is 5.75 Å².